The summed E-state index contributed by atoms with van der Waals surface area (Å²) in [6.45, 7) is 8.34. The van der Waals surface area contributed by atoms with Gasteiger partial charge in [-0.15, -0.1) is 5.10 Å². The van der Waals surface area contributed by atoms with Crippen molar-refractivity contribution in [2.45, 2.75) is 33.2 Å². The first kappa shape index (κ1) is 26.3. The molecule has 0 N–H and O–H groups in total. The molecule has 0 bridgehead atoms. The van der Waals surface area contributed by atoms with Crippen molar-refractivity contribution in [1.29, 1.82) is 5.26 Å². The number of hydrogen-bond acceptors (Lipinski definition) is 8. The number of pyridine rings is 2. The molecule has 11 heteroatoms. The molecule has 0 atom stereocenters. The fourth-order valence-corrected chi connectivity index (χ4v) is 4.78. The maximum atomic E-state index is 12.5. The summed E-state index contributed by atoms with van der Waals surface area (Å²) in [6.07, 6.45) is 8.66. The van der Waals surface area contributed by atoms with Crippen LogP contribution in [-0.4, -0.2) is 80.3 Å². The number of carbonyl (C=O) groups excluding carboxylic acids is 1. The lowest BCUT2D eigenvalue weighted by molar-refractivity contribution is -0.131. The molecule has 1 fully saturated rings. The normalized spacial score (nSPS) is 13.8. The van der Waals surface area contributed by atoms with E-state index < -0.39 is 0 Å². The Labute approximate surface area is 227 Å². The quantitative estimate of drug-likeness (QED) is 0.326. The molecule has 202 valence electrons. The van der Waals surface area contributed by atoms with E-state index in [1.54, 1.807) is 22.5 Å². The molecule has 0 aromatic carbocycles. The van der Waals surface area contributed by atoms with E-state index in [0.29, 0.717) is 49.8 Å². The third kappa shape index (κ3) is 5.76. The summed E-state index contributed by atoms with van der Waals surface area (Å²) < 4.78 is 8.58. The molecule has 1 saturated heterocycles. The van der Waals surface area contributed by atoms with Crippen LogP contribution in [0.2, 0.25) is 0 Å². The molecule has 0 saturated carbocycles. The van der Waals surface area contributed by atoms with Crippen LogP contribution in [0, 0.1) is 17.2 Å². The lowest BCUT2D eigenvalue weighted by Gasteiger charge is -2.35. The maximum Gasteiger partial charge on any atom is 0.222 e. The van der Waals surface area contributed by atoms with Gasteiger partial charge in [-0.1, -0.05) is 19.1 Å². The van der Waals surface area contributed by atoms with Crippen molar-refractivity contribution in [3.8, 4) is 28.5 Å². The summed E-state index contributed by atoms with van der Waals surface area (Å²) >= 11 is 0. The summed E-state index contributed by atoms with van der Waals surface area (Å²) in [5.41, 5.74) is 4.45. The van der Waals surface area contributed by atoms with E-state index >= 15 is 0 Å². The van der Waals surface area contributed by atoms with Crippen molar-refractivity contribution in [2.75, 3.05) is 44.8 Å². The SMILES string of the molecule is COCCn1cc(-c2cc(-c3ccc(N4CCN(C(=O)CCC(C)C)CC4)nc3)c3c(C#N)cnn3c2)nn1. The molecule has 11 nitrogen and oxygen atoms in total. The van der Waals surface area contributed by atoms with Gasteiger partial charge in [-0.05, 0) is 30.5 Å². The molecular formula is C28H33N9O2. The van der Waals surface area contributed by atoms with Gasteiger partial charge in [0.1, 0.15) is 17.6 Å². The molecule has 5 heterocycles. The zero-order valence-electron chi connectivity index (χ0n) is 22.6. The molecule has 0 spiro atoms. The van der Waals surface area contributed by atoms with Gasteiger partial charge in [-0.25, -0.2) is 14.2 Å². The highest BCUT2D eigenvalue weighted by molar-refractivity contribution is 5.87. The van der Waals surface area contributed by atoms with Gasteiger partial charge in [0.15, 0.2) is 0 Å². The van der Waals surface area contributed by atoms with Crippen molar-refractivity contribution in [3.63, 3.8) is 0 Å². The number of ether oxygens (including phenoxy) is 1. The average Bonchev–Trinajstić information content (AvgIpc) is 3.61. The second-order valence-corrected chi connectivity index (χ2v) is 10.2. The molecule has 0 aliphatic carbocycles. The van der Waals surface area contributed by atoms with Gasteiger partial charge in [0.05, 0.1) is 36.6 Å². The van der Waals surface area contributed by atoms with Crippen molar-refractivity contribution in [1.82, 2.24) is 34.5 Å². The summed E-state index contributed by atoms with van der Waals surface area (Å²) in [5, 5.41) is 22.6. The zero-order chi connectivity index (χ0) is 27.4. The second kappa shape index (κ2) is 11.6. The van der Waals surface area contributed by atoms with E-state index in [4.69, 9.17) is 9.72 Å². The molecule has 39 heavy (non-hydrogen) atoms. The Hall–Kier alpha value is -4.30. The highest BCUT2D eigenvalue weighted by Gasteiger charge is 2.22. The molecule has 0 unspecified atom stereocenters. The van der Waals surface area contributed by atoms with Crippen LogP contribution in [0.5, 0.6) is 0 Å². The predicted molar refractivity (Wildman–Crippen MR) is 147 cm³/mol. The number of nitriles is 1. The van der Waals surface area contributed by atoms with Crippen LogP contribution in [-0.2, 0) is 16.1 Å². The van der Waals surface area contributed by atoms with Crippen LogP contribution in [0.1, 0.15) is 32.3 Å². The zero-order valence-corrected chi connectivity index (χ0v) is 22.6. The first-order chi connectivity index (χ1) is 19.0. The van der Waals surface area contributed by atoms with Gasteiger partial charge >= 0.3 is 0 Å². The molecule has 1 aliphatic rings. The Bertz CT molecular complexity index is 1480. The third-order valence-electron chi connectivity index (χ3n) is 7.04. The van der Waals surface area contributed by atoms with E-state index in [-0.39, 0.29) is 5.91 Å². The maximum absolute atomic E-state index is 12.5. The van der Waals surface area contributed by atoms with Gasteiger partial charge in [-0.2, -0.15) is 10.4 Å². The summed E-state index contributed by atoms with van der Waals surface area (Å²) in [7, 11) is 1.65. The molecular weight excluding hydrogens is 494 g/mol. The van der Waals surface area contributed by atoms with E-state index in [9.17, 15) is 10.1 Å². The number of anilines is 1. The highest BCUT2D eigenvalue weighted by Crippen LogP contribution is 2.32. The number of methoxy groups -OCH3 is 1. The van der Waals surface area contributed by atoms with Crippen LogP contribution in [0.15, 0.2) is 43.0 Å². The van der Waals surface area contributed by atoms with Gasteiger partial charge in [0.2, 0.25) is 5.91 Å². The van der Waals surface area contributed by atoms with Crippen LogP contribution < -0.4 is 4.90 Å². The summed E-state index contributed by atoms with van der Waals surface area (Å²) in [6, 6.07) is 8.27. The lowest BCUT2D eigenvalue weighted by Crippen LogP contribution is -2.49. The van der Waals surface area contributed by atoms with Crippen molar-refractivity contribution >= 4 is 17.2 Å². The van der Waals surface area contributed by atoms with Crippen LogP contribution >= 0.6 is 0 Å². The van der Waals surface area contributed by atoms with E-state index in [2.05, 4.69) is 40.2 Å². The van der Waals surface area contributed by atoms with Gasteiger partial charge in [-0.3, -0.25) is 4.79 Å². The minimum atomic E-state index is 0.239. The summed E-state index contributed by atoms with van der Waals surface area (Å²) in [5.74, 6) is 1.64. The molecule has 1 aliphatic heterocycles. The summed E-state index contributed by atoms with van der Waals surface area (Å²) in [4.78, 5) is 21.4. The fraction of sp³-hybridized carbons (Fsp3) is 0.429. The molecule has 1 amide bonds. The average molecular weight is 528 g/mol. The molecule has 4 aromatic heterocycles. The number of carbonyl (C=O) groups is 1. The first-order valence-corrected chi connectivity index (χ1v) is 13.3. The number of nitrogens with zero attached hydrogens (tertiary/aromatic N) is 9. The highest BCUT2D eigenvalue weighted by atomic mass is 16.5. The monoisotopic (exact) mass is 527 g/mol. The Morgan fingerprint density at radius 1 is 1.13 bits per heavy atom. The number of rotatable bonds is 9. The molecule has 5 rings (SSSR count). The van der Waals surface area contributed by atoms with Crippen LogP contribution in [0.25, 0.3) is 27.9 Å². The Balaban J connectivity index is 1.37. The van der Waals surface area contributed by atoms with Gasteiger partial charge < -0.3 is 14.5 Å². The minimum Gasteiger partial charge on any atom is -0.383 e. The first-order valence-electron chi connectivity index (χ1n) is 13.3. The second-order valence-electron chi connectivity index (χ2n) is 10.2. The standard InChI is InChI=1S/C28H33N9O2/c1-20(2)4-7-27(38)35-10-8-34(9-11-35)26-6-5-21(16-30-26)24-14-22(18-37-28(24)23(15-29)17-31-37)25-19-36(33-32-25)12-13-39-3/h5-6,14,16-20H,4,7-13H2,1-3H3. The molecule has 4 aromatic rings. The fourth-order valence-electron chi connectivity index (χ4n) is 4.78. The van der Waals surface area contributed by atoms with Crippen molar-refractivity contribution < 1.29 is 9.53 Å². The predicted octanol–water partition coefficient (Wildman–Crippen LogP) is 3.26. The lowest BCUT2D eigenvalue weighted by atomic mass is 10.0. The number of aromatic nitrogens is 6. The van der Waals surface area contributed by atoms with E-state index in [1.165, 1.54) is 0 Å². The van der Waals surface area contributed by atoms with Crippen molar-refractivity contribution in [3.05, 3.63) is 48.5 Å². The van der Waals surface area contributed by atoms with E-state index in [0.717, 1.165) is 47.5 Å². The smallest absolute Gasteiger partial charge is 0.222 e. The van der Waals surface area contributed by atoms with Crippen LogP contribution in [0.3, 0.4) is 0 Å². The number of amides is 1. The third-order valence-corrected chi connectivity index (χ3v) is 7.04. The Kier molecular flexibility index (Phi) is 7.84. The number of hydrogen-bond donors (Lipinski definition) is 0. The van der Waals surface area contributed by atoms with Gasteiger partial charge in [0, 0.05) is 68.8 Å². The van der Waals surface area contributed by atoms with Crippen molar-refractivity contribution in [2.24, 2.45) is 5.92 Å². The molecule has 0 radical (unpaired) electrons. The number of piperazine rings is 1. The largest absolute Gasteiger partial charge is 0.383 e. The topological polar surface area (TPSA) is 117 Å². The van der Waals surface area contributed by atoms with Crippen LogP contribution in [0.4, 0.5) is 5.82 Å². The van der Waals surface area contributed by atoms with Gasteiger partial charge in [0.25, 0.3) is 0 Å². The minimum absolute atomic E-state index is 0.239. The Morgan fingerprint density at radius 2 is 1.95 bits per heavy atom. The number of fused-ring (bicyclic) bond motifs is 1. The van der Waals surface area contributed by atoms with E-state index in [1.807, 2.05) is 41.7 Å². The Morgan fingerprint density at radius 3 is 2.64 bits per heavy atom.